The molecule has 0 aliphatic heterocycles. The van der Waals surface area contributed by atoms with E-state index in [1.54, 1.807) is 6.07 Å². The van der Waals surface area contributed by atoms with Crippen molar-refractivity contribution in [3.8, 4) is 5.75 Å². The summed E-state index contributed by atoms with van der Waals surface area (Å²) in [7, 11) is 0. The van der Waals surface area contributed by atoms with Crippen LogP contribution in [0.3, 0.4) is 0 Å². The molecule has 0 fully saturated rings. The Kier molecular flexibility index (Phi) is 6.61. The molecule has 0 aromatic heterocycles. The second-order valence-electron chi connectivity index (χ2n) is 6.15. The van der Waals surface area contributed by atoms with Gasteiger partial charge in [-0.3, -0.25) is 0 Å². The Bertz CT molecular complexity index is 501. The number of hydrogen-bond acceptors (Lipinski definition) is 4. The number of nitrogens with one attached hydrogen (secondary N) is 2. The summed E-state index contributed by atoms with van der Waals surface area (Å²) >= 11 is 0. The molecule has 1 rings (SSSR count). The monoisotopic (exact) mass is 312 g/mol. The average molecular weight is 312 g/mol. The zero-order chi connectivity index (χ0) is 16.8. The Labute approximate surface area is 130 Å². The Hall–Kier alpha value is -1.82. The molecule has 6 heteroatoms. The number of carbonyl (C=O) groups excluding carboxylic acids is 1. The van der Waals surface area contributed by atoms with Gasteiger partial charge in [-0.05, 0) is 44.9 Å². The van der Waals surface area contributed by atoms with Crippen molar-refractivity contribution in [2.24, 2.45) is 0 Å². The lowest BCUT2D eigenvalue weighted by Crippen LogP contribution is -2.42. The lowest BCUT2D eigenvalue weighted by atomic mass is 10.1. The first-order valence-corrected chi connectivity index (χ1v) is 7.39. The van der Waals surface area contributed by atoms with E-state index in [2.05, 4.69) is 10.6 Å². The molecule has 0 saturated carbocycles. The van der Waals surface area contributed by atoms with Gasteiger partial charge in [-0.15, -0.1) is 0 Å². The normalized spacial score (nSPS) is 12.8. The molecule has 22 heavy (non-hydrogen) atoms. The number of benzene rings is 1. The first kappa shape index (κ1) is 18.2. The van der Waals surface area contributed by atoms with Gasteiger partial charge in [0.2, 0.25) is 0 Å². The van der Waals surface area contributed by atoms with E-state index in [9.17, 15) is 9.18 Å². The number of halogens is 1. The van der Waals surface area contributed by atoms with Crippen molar-refractivity contribution < 1.29 is 19.0 Å². The SMILES string of the molecule is CCC(CNC(=O)OC(C)(C)C)NCc1ccc(O)c(F)c1. The molecule has 3 N–H and O–H groups in total. The van der Waals surface area contributed by atoms with Crippen molar-refractivity contribution in [1.29, 1.82) is 0 Å². The van der Waals surface area contributed by atoms with Crippen LogP contribution in [0.2, 0.25) is 0 Å². The van der Waals surface area contributed by atoms with Crippen LogP contribution in [-0.2, 0) is 11.3 Å². The summed E-state index contributed by atoms with van der Waals surface area (Å²) in [6, 6.07) is 4.31. The van der Waals surface area contributed by atoms with Crippen molar-refractivity contribution in [2.75, 3.05) is 6.54 Å². The van der Waals surface area contributed by atoms with Crippen LogP contribution in [0.25, 0.3) is 0 Å². The summed E-state index contributed by atoms with van der Waals surface area (Å²) in [5.74, 6) is -0.999. The molecule has 0 spiro atoms. The predicted octanol–water partition coefficient (Wildman–Crippen LogP) is 2.92. The second-order valence-corrected chi connectivity index (χ2v) is 6.15. The Morgan fingerprint density at radius 3 is 2.64 bits per heavy atom. The van der Waals surface area contributed by atoms with Crippen molar-refractivity contribution in [3.05, 3.63) is 29.6 Å². The van der Waals surface area contributed by atoms with E-state index in [4.69, 9.17) is 9.84 Å². The average Bonchev–Trinajstić information content (AvgIpc) is 2.41. The highest BCUT2D eigenvalue weighted by Gasteiger charge is 2.17. The lowest BCUT2D eigenvalue weighted by Gasteiger charge is -2.22. The third-order valence-corrected chi connectivity index (χ3v) is 2.99. The van der Waals surface area contributed by atoms with Crippen LogP contribution in [0, 0.1) is 5.82 Å². The maximum atomic E-state index is 13.2. The summed E-state index contributed by atoms with van der Waals surface area (Å²) in [6.07, 6.45) is 0.347. The largest absolute Gasteiger partial charge is 0.505 e. The number of aromatic hydroxyl groups is 1. The fourth-order valence-corrected chi connectivity index (χ4v) is 1.80. The minimum atomic E-state index is -0.640. The van der Waals surface area contributed by atoms with Gasteiger partial charge in [-0.25, -0.2) is 9.18 Å². The predicted molar refractivity (Wildman–Crippen MR) is 83.2 cm³/mol. The van der Waals surface area contributed by atoms with Gasteiger partial charge in [0.25, 0.3) is 0 Å². The molecule has 1 amide bonds. The number of phenolic OH excluding ortho intramolecular Hbond substituents is 1. The summed E-state index contributed by atoms with van der Waals surface area (Å²) in [4.78, 5) is 11.6. The van der Waals surface area contributed by atoms with Crippen molar-refractivity contribution in [1.82, 2.24) is 10.6 Å². The molecule has 5 nitrogen and oxygen atoms in total. The molecular weight excluding hydrogens is 287 g/mol. The summed E-state index contributed by atoms with van der Waals surface area (Å²) in [5, 5.41) is 15.1. The molecular formula is C16H25FN2O3. The Balaban J connectivity index is 2.42. The number of phenols is 1. The van der Waals surface area contributed by atoms with E-state index in [1.807, 2.05) is 27.7 Å². The maximum Gasteiger partial charge on any atom is 0.407 e. The first-order chi connectivity index (χ1) is 10.2. The molecule has 0 aliphatic carbocycles. The third-order valence-electron chi connectivity index (χ3n) is 2.99. The van der Waals surface area contributed by atoms with Crippen LogP contribution in [0.4, 0.5) is 9.18 Å². The van der Waals surface area contributed by atoms with Crippen molar-refractivity contribution in [3.63, 3.8) is 0 Å². The van der Waals surface area contributed by atoms with E-state index in [-0.39, 0.29) is 11.8 Å². The number of alkyl carbamates (subject to hydrolysis) is 1. The Morgan fingerprint density at radius 1 is 1.41 bits per heavy atom. The zero-order valence-corrected chi connectivity index (χ0v) is 13.6. The highest BCUT2D eigenvalue weighted by atomic mass is 19.1. The molecule has 0 aliphatic rings. The van der Waals surface area contributed by atoms with Gasteiger partial charge in [0.15, 0.2) is 11.6 Å². The third kappa shape index (κ3) is 6.76. The number of ether oxygens (including phenoxy) is 1. The van der Waals surface area contributed by atoms with E-state index < -0.39 is 17.5 Å². The minimum Gasteiger partial charge on any atom is -0.505 e. The molecule has 1 aromatic carbocycles. The fourth-order valence-electron chi connectivity index (χ4n) is 1.80. The van der Waals surface area contributed by atoms with E-state index in [1.165, 1.54) is 12.1 Å². The number of carbonyl (C=O) groups is 1. The summed E-state index contributed by atoms with van der Waals surface area (Å²) in [6.45, 7) is 8.29. The van der Waals surface area contributed by atoms with E-state index in [0.29, 0.717) is 13.1 Å². The molecule has 0 bridgehead atoms. The lowest BCUT2D eigenvalue weighted by molar-refractivity contribution is 0.0522. The van der Waals surface area contributed by atoms with Gasteiger partial charge in [0, 0.05) is 19.1 Å². The highest BCUT2D eigenvalue weighted by molar-refractivity contribution is 5.67. The fraction of sp³-hybridized carbons (Fsp3) is 0.562. The van der Waals surface area contributed by atoms with Crippen LogP contribution < -0.4 is 10.6 Å². The number of hydrogen-bond donors (Lipinski definition) is 3. The molecule has 1 unspecified atom stereocenters. The van der Waals surface area contributed by atoms with Gasteiger partial charge in [-0.1, -0.05) is 13.0 Å². The first-order valence-electron chi connectivity index (χ1n) is 7.39. The van der Waals surface area contributed by atoms with Gasteiger partial charge in [-0.2, -0.15) is 0 Å². The van der Waals surface area contributed by atoms with Crippen molar-refractivity contribution >= 4 is 6.09 Å². The van der Waals surface area contributed by atoms with E-state index in [0.717, 1.165) is 12.0 Å². The molecule has 1 atom stereocenters. The van der Waals surface area contributed by atoms with Crippen molar-refractivity contribution in [2.45, 2.75) is 52.3 Å². The minimum absolute atomic E-state index is 0.0457. The van der Waals surface area contributed by atoms with Gasteiger partial charge < -0.3 is 20.5 Å². The van der Waals surface area contributed by atoms with Crippen LogP contribution in [0.5, 0.6) is 5.75 Å². The smallest absolute Gasteiger partial charge is 0.407 e. The number of amides is 1. The maximum absolute atomic E-state index is 13.2. The van der Waals surface area contributed by atoms with Crippen LogP contribution in [0.1, 0.15) is 39.7 Å². The summed E-state index contributed by atoms with van der Waals surface area (Å²) < 4.78 is 18.4. The standard InChI is InChI=1S/C16H25FN2O3/c1-5-12(10-19-15(21)22-16(2,3)4)18-9-11-6-7-14(20)13(17)8-11/h6-8,12,18,20H,5,9-10H2,1-4H3,(H,19,21). The quantitative estimate of drug-likeness (QED) is 0.755. The van der Waals surface area contributed by atoms with E-state index >= 15 is 0 Å². The molecule has 0 radical (unpaired) electrons. The van der Waals surface area contributed by atoms with Gasteiger partial charge in [0.1, 0.15) is 5.60 Å². The highest BCUT2D eigenvalue weighted by Crippen LogP contribution is 2.16. The second kappa shape index (κ2) is 7.98. The molecule has 0 heterocycles. The van der Waals surface area contributed by atoms with Gasteiger partial charge >= 0.3 is 6.09 Å². The summed E-state index contributed by atoms with van der Waals surface area (Å²) in [5.41, 5.74) is 0.203. The molecule has 0 saturated heterocycles. The zero-order valence-electron chi connectivity index (χ0n) is 13.6. The number of rotatable bonds is 6. The van der Waals surface area contributed by atoms with Gasteiger partial charge in [0.05, 0.1) is 0 Å². The topological polar surface area (TPSA) is 70.6 Å². The van der Waals surface area contributed by atoms with Crippen LogP contribution >= 0.6 is 0 Å². The Morgan fingerprint density at radius 2 is 2.09 bits per heavy atom. The molecule has 1 aromatic rings. The van der Waals surface area contributed by atoms with Crippen LogP contribution in [0.15, 0.2) is 18.2 Å². The van der Waals surface area contributed by atoms with Crippen LogP contribution in [-0.4, -0.2) is 29.4 Å². The molecule has 124 valence electrons.